The first kappa shape index (κ1) is 15.2. The largest absolute Gasteiger partial charge is 0.383 e. The molecule has 18 heavy (non-hydrogen) atoms. The fourth-order valence-corrected chi connectivity index (χ4v) is 2.23. The van der Waals surface area contributed by atoms with Crippen molar-refractivity contribution in [2.45, 2.75) is 25.8 Å². The monoisotopic (exact) mass is 256 g/mol. The number of aliphatic imine (C=N–C) groups is 1. The Labute approximate surface area is 111 Å². The summed E-state index contributed by atoms with van der Waals surface area (Å²) in [7, 11) is 5.72. The van der Waals surface area contributed by atoms with Gasteiger partial charge in [-0.05, 0) is 45.8 Å². The molecule has 0 aromatic heterocycles. The zero-order chi connectivity index (χ0) is 13.4. The van der Waals surface area contributed by atoms with Gasteiger partial charge in [0.05, 0.1) is 6.61 Å². The number of hydrogen-bond acceptors (Lipinski definition) is 3. The van der Waals surface area contributed by atoms with Gasteiger partial charge in [-0.2, -0.15) is 0 Å². The minimum Gasteiger partial charge on any atom is -0.383 e. The number of guanidine groups is 1. The van der Waals surface area contributed by atoms with Crippen LogP contribution in [0.15, 0.2) is 4.99 Å². The Morgan fingerprint density at radius 1 is 1.44 bits per heavy atom. The summed E-state index contributed by atoms with van der Waals surface area (Å²) < 4.78 is 5.10. The number of ether oxygens (including phenoxy) is 1. The summed E-state index contributed by atoms with van der Waals surface area (Å²) in [6.07, 6.45) is 2.54. The molecule has 1 atom stereocenters. The lowest BCUT2D eigenvalue weighted by Crippen LogP contribution is -2.46. The molecular weight excluding hydrogens is 228 g/mol. The van der Waals surface area contributed by atoms with Crippen LogP contribution in [-0.2, 0) is 4.74 Å². The van der Waals surface area contributed by atoms with E-state index >= 15 is 0 Å². The van der Waals surface area contributed by atoms with Crippen molar-refractivity contribution >= 4 is 5.96 Å². The van der Waals surface area contributed by atoms with Crippen LogP contribution in [0, 0.1) is 5.92 Å². The van der Waals surface area contributed by atoms with Gasteiger partial charge in [0.1, 0.15) is 0 Å². The van der Waals surface area contributed by atoms with E-state index in [1.807, 2.05) is 7.05 Å². The third-order valence-electron chi connectivity index (χ3n) is 3.42. The smallest absolute Gasteiger partial charge is 0.191 e. The molecule has 0 aromatic rings. The zero-order valence-corrected chi connectivity index (χ0v) is 12.2. The Morgan fingerprint density at radius 2 is 2.11 bits per heavy atom. The molecule has 0 aromatic carbocycles. The SMILES string of the molecule is CN=C(NCC1CCN(C)CC1)NC(C)COC. The summed E-state index contributed by atoms with van der Waals surface area (Å²) in [4.78, 5) is 6.63. The molecule has 1 rings (SSSR count). The Balaban J connectivity index is 2.23. The second-order valence-electron chi connectivity index (χ2n) is 5.20. The molecule has 0 aliphatic carbocycles. The van der Waals surface area contributed by atoms with Gasteiger partial charge in [0.2, 0.25) is 0 Å². The third kappa shape index (κ3) is 5.69. The zero-order valence-electron chi connectivity index (χ0n) is 12.2. The van der Waals surface area contributed by atoms with Crippen molar-refractivity contribution < 1.29 is 4.74 Å². The van der Waals surface area contributed by atoms with Crippen LogP contribution in [0.25, 0.3) is 0 Å². The molecule has 5 heteroatoms. The molecule has 106 valence electrons. The number of hydrogen-bond donors (Lipinski definition) is 2. The molecule has 0 bridgehead atoms. The quantitative estimate of drug-likeness (QED) is 0.556. The van der Waals surface area contributed by atoms with Gasteiger partial charge < -0.3 is 20.3 Å². The van der Waals surface area contributed by atoms with Crippen LogP contribution in [0.1, 0.15) is 19.8 Å². The van der Waals surface area contributed by atoms with Crippen LogP contribution >= 0.6 is 0 Å². The van der Waals surface area contributed by atoms with Crippen LogP contribution in [0.3, 0.4) is 0 Å². The predicted octanol–water partition coefficient (Wildman–Crippen LogP) is 0.528. The average Bonchev–Trinajstić information content (AvgIpc) is 2.36. The van der Waals surface area contributed by atoms with E-state index in [2.05, 4.69) is 34.5 Å². The number of nitrogens with one attached hydrogen (secondary N) is 2. The molecule has 1 unspecified atom stereocenters. The van der Waals surface area contributed by atoms with E-state index in [0.29, 0.717) is 6.61 Å². The van der Waals surface area contributed by atoms with Crippen molar-refractivity contribution in [1.82, 2.24) is 15.5 Å². The molecular formula is C13H28N4O. The van der Waals surface area contributed by atoms with Crippen LogP contribution in [-0.4, -0.2) is 64.3 Å². The lowest BCUT2D eigenvalue weighted by Gasteiger charge is -2.29. The third-order valence-corrected chi connectivity index (χ3v) is 3.42. The molecule has 1 aliphatic heterocycles. The lowest BCUT2D eigenvalue weighted by molar-refractivity contribution is 0.178. The summed E-state index contributed by atoms with van der Waals surface area (Å²) in [5.74, 6) is 1.64. The van der Waals surface area contributed by atoms with Gasteiger partial charge in [-0.15, -0.1) is 0 Å². The highest BCUT2D eigenvalue weighted by Crippen LogP contribution is 2.14. The van der Waals surface area contributed by atoms with Crippen LogP contribution in [0.4, 0.5) is 0 Å². The first-order valence-electron chi connectivity index (χ1n) is 6.80. The van der Waals surface area contributed by atoms with Crippen molar-refractivity contribution in [2.75, 3.05) is 47.4 Å². The topological polar surface area (TPSA) is 48.9 Å². The summed E-state index contributed by atoms with van der Waals surface area (Å²) >= 11 is 0. The fourth-order valence-electron chi connectivity index (χ4n) is 2.23. The van der Waals surface area contributed by atoms with E-state index in [-0.39, 0.29) is 6.04 Å². The van der Waals surface area contributed by atoms with E-state index < -0.39 is 0 Å². The Morgan fingerprint density at radius 3 is 2.67 bits per heavy atom. The molecule has 0 amide bonds. The van der Waals surface area contributed by atoms with Gasteiger partial charge in [-0.3, -0.25) is 4.99 Å². The second kappa shape index (κ2) is 8.32. The molecule has 0 spiro atoms. The number of methoxy groups -OCH3 is 1. The maximum absolute atomic E-state index is 5.10. The Hall–Kier alpha value is -0.810. The van der Waals surface area contributed by atoms with E-state index in [4.69, 9.17) is 4.74 Å². The van der Waals surface area contributed by atoms with Gasteiger partial charge in [0.15, 0.2) is 5.96 Å². The van der Waals surface area contributed by atoms with Crippen molar-refractivity contribution in [3.05, 3.63) is 0 Å². The Kier molecular flexibility index (Phi) is 7.05. The standard InChI is InChI=1S/C13H28N4O/c1-11(10-18-4)16-13(14-2)15-9-12-5-7-17(3)8-6-12/h11-12H,5-10H2,1-4H3,(H2,14,15,16). The van der Waals surface area contributed by atoms with E-state index in [1.165, 1.54) is 25.9 Å². The van der Waals surface area contributed by atoms with Crippen LogP contribution < -0.4 is 10.6 Å². The van der Waals surface area contributed by atoms with Crippen molar-refractivity contribution in [3.8, 4) is 0 Å². The minimum absolute atomic E-state index is 0.277. The van der Waals surface area contributed by atoms with Crippen molar-refractivity contribution in [3.63, 3.8) is 0 Å². The van der Waals surface area contributed by atoms with E-state index in [0.717, 1.165) is 18.4 Å². The maximum atomic E-state index is 5.10. The lowest BCUT2D eigenvalue weighted by atomic mass is 9.97. The summed E-state index contributed by atoms with van der Waals surface area (Å²) in [5.41, 5.74) is 0. The van der Waals surface area contributed by atoms with Gasteiger partial charge in [-0.1, -0.05) is 0 Å². The van der Waals surface area contributed by atoms with Gasteiger partial charge in [0, 0.05) is 26.7 Å². The minimum atomic E-state index is 0.277. The first-order chi connectivity index (χ1) is 8.65. The molecule has 0 radical (unpaired) electrons. The fraction of sp³-hybridized carbons (Fsp3) is 0.923. The second-order valence-corrected chi connectivity index (χ2v) is 5.20. The summed E-state index contributed by atoms with van der Waals surface area (Å²) in [6, 6.07) is 0.277. The van der Waals surface area contributed by atoms with Crippen molar-refractivity contribution in [1.29, 1.82) is 0 Å². The van der Waals surface area contributed by atoms with Gasteiger partial charge >= 0.3 is 0 Å². The highest BCUT2D eigenvalue weighted by atomic mass is 16.5. The summed E-state index contributed by atoms with van der Waals surface area (Å²) in [6.45, 7) is 6.20. The number of rotatable bonds is 5. The molecule has 1 fully saturated rings. The molecule has 2 N–H and O–H groups in total. The number of nitrogens with zero attached hydrogens (tertiary/aromatic N) is 2. The normalized spacial score (nSPS) is 20.8. The van der Waals surface area contributed by atoms with Crippen LogP contribution in [0.5, 0.6) is 0 Å². The highest BCUT2D eigenvalue weighted by Gasteiger charge is 2.16. The number of piperidine rings is 1. The first-order valence-corrected chi connectivity index (χ1v) is 6.80. The average molecular weight is 256 g/mol. The maximum Gasteiger partial charge on any atom is 0.191 e. The predicted molar refractivity (Wildman–Crippen MR) is 76.1 cm³/mol. The van der Waals surface area contributed by atoms with E-state index in [9.17, 15) is 0 Å². The molecule has 1 saturated heterocycles. The van der Waals surface area contributed by atoms with Gasteiger partial charge in [0.25, 0.3) is 0 Å². The van der Waals surface area contributed by atoms with Crippen LogP contribution in [0.2, 0.25) is 0 Å². The molecule has 5 nitrogen and oxygen atoms in total. The van der Waals surface area contributed by atoms with Gasteiger partial charge in [-0.25, -0.2) is 0 Å². The number of likely N-dealkylation sites (tertiary alicyclic amines) is 1. The molecule has 1 heterocycles. The van der Waals surface area contributed by atoms with E-state index in [1.54, 1.807) is 7.11 Å². The molecule has 0 saturated carbocycles. The van der Waals surface area contributed by atoms with Crippen molar-refractivity contribution in [2.24, 2.45) is 10.9 Å². The Bertz CT molecular complexity index is 249. The summed E-state index contributed by atoms with van der Waals surface area (Å²) in [5, 5.41) is 6.73. The molecule has 1 aliphatic rings. The highest BCUT2D eigenvalue weighted by molar-refractivity contribution is 5.79.